The van der Waals surface area contributed by atoms with Gasteiger partial charge in [-0.3, -0.25) is 14.2 Å². The molecule has 0 aliphatic heterocycles. The SMILES string of the molecule is CCCCC/C=C\C/C=C\C/C=C\C/C=C\CCCCCCCCCCCC(=O)OC(/C=C/CCCCCCCCCCCCC)C(COP(=O)([O-])OCC[N+](C)(C)C)NC(=O)CCCCCCCCCCCCCCCCCCCCC. The molecule has 0 fully saturated rings. The van der Waals surface area contributed by atoms with Crippen molar-refractivity contribution in [2.24, 2.45) is 0 Å². The molecule has 10 heteroatoms. The topological polar surface area (TPSA) is 114 Å². The molecule has 0 saturated carbocycles. The van der Waals surface area contributed by atoms with Crippen molar-refractivity contribution in [3.63, 3.8) is 0 Å². The molecule has 0 spiro atoms. The molecule has 0 aliphatic rings. The van der Waals surface area contributed by atoms with Gasteiger partial charge in [0.2, 0.25) is 5.91 Å². The van der Waals surface area contributed by atoms with E-state index < -0.39 is 20.0 Å². The highest BCUT2D eigenvalue weighted by Crippen LogP contribution is 2.38. The van der Waals surface area contributed by atoms with Crippen LogP contribution in [0.1, 0.15) is 342 Å². The number of likely N-dealkylation sites (N-methyl/N-ethyl adjacent to an activating group) is 1. The van der Waals surface area contributed by atoms with E-state index in [-0.39, 0.29) is 31.5 Å². The zero-order valence-electron chi connectivity index (χ0n) is 55.7. The highest BCUT2D eigenvalue weighted by Gasteiger charge is 2.27. The van der Waals surface area contributed by atoms with Crippen LogP contribution in [0, 0.1) is 0 Å². The van der Waals surface area contributed by atoms with Crippen molar-refractivity contribution < 1.29 is 37.3 Å². The zero-order chi connectivity index (χ0) is 60.7. The molecule has 0 saturated heterocycles. The number of phosphoric acid groups is 1. The number of esters is 1. The maximum atomic E-state index is 13.6. The molecule has 0 rings (SSSR count). The Kier molecular flexibility index (Phi) is 61.0. The van der Waals surface area contributed by atoms with E-state index in [0.717, 1.165) is 89.9 Å². The van der Waals surface area contributed by atoms with Gasteiger partial charge in [-0.25, -0.2) is 0 Å². The summed E-state index contributed by atoms with van der Waals surface area (Å²) < 4.78 is 30.5. The molecule has 0 aromatic rings. The molecule has 0 aromatic heterocycles. The fourth-order valence-electron chi connectivity index (χ4n) is 10.4. The van der Waals surface area contributed by atoms with Crippen LogP contribution in [0.2, 0.25) is 0 Å². The quantitative estimate of drug-likeness (QED) is 0.0212. The number of ether oxygens (including phenoxy) is 1. The Morgan fingerprint density at radius 1 is 0.422 bits per heavy atom. The van der Waals surface area contributed by atoms with E-state index in [4.69, 9.17) is 13.8 Å². The van der Waals surface area contributed by atoms with Crippen LogP contribution in [-0.2, 0) is 27.9 Å². The molecule has 1 amide bonds. The second-order valence-electron chi connectivity index (χ2n) is 25.4. The molecular weight excluding hydrogens is 1050 g/mol. The summed E-state index contributed by atoms with van der Waals surface area (Å²) in [4.78, 5) is 40.2. The van der Waals surface area contributed by atoms with Gasteiger partial charge in [-0.05, 0) is 76.7 Å². The van der Waals surface area contributed by atoms with Gasteiger partial charge in [0.05, 0.1) is 33.8 Å². The van der Waals surface area contributed by atoms with Gasteiger partial charge in [0, 0.05) is 12.8 Å². The highest BCUT2D eigenvalue weighted by atomic mass is 31.2. The lowest BCUT2D eigenvalue weighted by Gasteiger charge is -2.30. The summed E-state index contributed by atoms with van der Waals surface area (Å²) in [6.45, 7) is 6.86. The maximum absolute atomic E-state index is 13.6. The summed E-state index contributed by atoms with van der Waals surface area (Å²) in [6.07, 6.45) is 80.5. The van der Waals surface area contributed by atoms with E-state index in [1.165, 1.54) is 218 Å². The van der Waals surface area contributed by atoms with Gasteiger partial charge in [0.15, 0.2) is 0 Å². The molecule has 0 heterocycles. The third kappa shape index (κ3) is 64.0. The molecule has 0 radical (unpaired) electrons. The van der Waals surface area contributed by atoms with Crippen LogP contribution in [0.15, 0.2) is 60.8 Å². The molecule has 0 aromatic carbocycles. The Hall–Kier alpha value is -2.29. The number of carbonyl (C=O) groups is 2. The fraction of sp³-hybridized carbons (Fsp3) is 0.836. The van der Waals surface area contributed by atoms with Gasteiger partial charge in [-0.2, -0.15) is 0 Å². The number of phosphoric ester groups is 1. The van der Waals surface area contributed by atoms with Gasteiger partial charge in [-0.15, -0.1) is 0 Å². The lowest BCUT2D eigenvalue weighted by Crippen LogP contribution is -2.47. The van der Waals surface area contributed by atoms with E-state index in [1.54, 1.807) is 0 Å². The normalized spacial score (nSPS) is 13.9. The van der Waals surface area contributed by atoms with Crippen molar-refractivity contribution >= 4 is 19.7 Å². The summed E-state index contributed by atoms with van der Waals surface area (Å²) in [5.74, 6) is -0.533. The highest BCUT2D eigenvalue weighted by molar-refractivity contribution is 7.45. The molecule has 486 valence electrons. The summed E-state index contributed by atoms with van der Waals surface area (Å²) in [7, 11) is 1.19. The van der Waals surface area contributed by atoms with Crippen molar-refractivity contribution in [3.8, 4) is 0 Å². The predicted molar refractivity (Wildman–Crippen MR) is 358 cm³/mol. The second kappa shape index (κ2) is 62.8. The molecule has 1 N–H and O–H groups in total. The Morgan fingerprint density at radius 2 is 0.735 bits per heavy atom. The smallest absolute Gasteiger partial charge is 0.306 e. The molecule has 0 aliphatic carbocycles. The zero-order valence-corrected chi connectivity index (χ0v) is 56.6. The van der Waals surface area contributed by atoms with E-state index in [9.17, 15) is 19.0 Å². The van der Waals surface area contributed by atoms with Crippen LogP contribution in [-0.4, -0.2) is 69.4 Å². The summed E-state index contributed by atoms with van der Waals surface area (Å²) in [5.41, 5.74) is 0. The third-order valence-corrected chi connectivity index (χ3v) is 16.9. The van der Waals surface area contributed by atoms with Crippen molar-refractivity contribution in [2.75, 3.05) is 40.9 Å². The van der Waals surface area contributed by atoms with Crippen LogP contribution < -0.4 is 10.2 Å². The van der Waals surface area contributed by atoms with Crippen LogP contribution in [0.25, 0.3) is 0 Å². The summed E-state index contributed by atoms with van der Waals surface area (Å²) in [5, 5.41) is 3.05. The number of allylic oxidation sites excluding steroid dienone is 9. The maximum Gasteiger partial charge on any atom is 0.306 e. The Balaban J connectivity index is 5.11. The van der Waals surface area contributed by atoms with Crippen molar-refractivity contribution in [1.29, 1.82) is 0 Å². The van der Waals surface area contributed by atoms with Gasteiger partial charge in [-0.1, -0.05) is 313 Å². The number of rotatable bonds is 65. The molecule has 3 unspecified atom stereocenters. The van der Waals surface area contributed by atoms with Crippen LogP contribution in [0.3, 0.4) is 0 Å². The van der Waals surface area contributed by atoms with E-state index >= 15 is 0 Å². The second-order valence-corrected chi connectivity index (χ2v) is 26.8. The number of nitrogens with zero attached hydrogens (tertiary/aromatic N) is 1. The molecule has 83 heavy (non-hydrogen) atoms. The van der Waals surface area contributed by atoms with Gasteiger partial charge in [0.25, 0.3) is 7.82 Å². The molecular formula is C73H137N2O7P. The number of carbonyl (C=O) groups excluding carboxylic acids is 2. The lowest BCUT2D eigenvalue weighted by molar-refractivity contribution is -0.870. The fourth-order valence-corrected chi connectivity index (χ4v) is 11.2. The van der Waals surface area contributed by atoms with Crippen molar-refractivity contribution in [3.05, 3.63) is 60.8 Å². The predicted octanol–water partition coefficient (Wildman–Crippen LogP) is 21.9. The minimum Gasteiger partial charge on any atom is -0.756 e. The number of quaternary nitrogens is 1. The van der Waals surface area contributed by atoms with Gasteiger partial charge < -0.3 is 28.5 Å². The van der Waals surface area contributed by atoms with E-state index in [0.29, 0.717) is 17.4 Å². The van der Waals surface area contributed by atoms with Gasteiger partial charge >= 0.3 is 5.97 Å². The number of unbranched alkanes of at least 4 members (excludes halogenated alkanes) is 41. The first kappa shape index (κ1) is 80.7. The number of amides is 1. The van der Waals surface area contributed by atoms with Crippen molar-refractivity contribution in [2.45, 2.75) is 354 Å². The monoisotopic (exact) mass is 1190 g/mol. The largest absolute Gasteiger partial charge is 0.756 e. The van der Waals surface area contributed by atoms with Crippen LogP contribution >= 0.6 is 7.82 Å². The standard InChI is InChI=1S/C73H137N2O7P/c1-7-10-13-16-19-22-25-28-30-32-34-35-36-37-38-39-41-43-45-48-51-54-57-60-63-66-73(77)82-71(64-61-58-55-52-49-46-27-24-21-18-15-12-9-3)70(69-81-83(78,79)80-68-67-75(4,5)6)74-72(76)65-62-59-56-53-50-47-44-42-40-33-31-29-26-23-20-17-14-11-8-2/h19,22,28,30,34-35,37-38,61,64,70-71H,7-18,20-21,23-27,29,31-33,36,39-60,62-63,65-69H2,1-6H3,(H-,74,76,78,79)/b22-19-,30-28-,35-34-,38-37-,64-61+. The first-order valence-electron chi connectivity index (χ1n) is 35.6. The van der Waals surface area contributed by atoms with E-state index in [2.05, 4.69) is 74.7 Å². The Labute approximate surface area is 515 Å². The Morgan fingerprint density at radius 3 is 1.12 bits per heavy atom. The average Bonchev–Trinajstić information content (AvgIpc) is 3.46. The number of nitrogens with one attached hydrogen (secondary N) is 1. The first-order chi connectivity index (χ1) is 40.4. The minimum atomic E-state index is -4.70. The third-order valence-electron chi connectivity index (χ3n) is 16.0. The molecule has 9 nitrogen and oxygen atoms in total. The van der Waals surface area contributed by atoms with Crippen LogP contribution in [0.4, 0.5) is 0 Å². The van der Waals surface area contributed by atoms with Crippen molar-refractivity contribution in [1.82, 2.24) is 5.32 Å². The van der Waals surface area contributed by atoms with Gasteiger partial charge in [0.1, 0.15) is 19.3 Å². The first-order valence-corrected chi connectivity index (χ1v) is 37.1. The summed E-state index contributed by atoms with van der Waals surface area (Å²) in [6, 6.07) is -0.891. The van der Waals surface area contributed by atoms with Crippen LogP contribution in [0.5, 0.6) is 0 Å². The minimum absolute atomic E-state index is 0.0225. The molecule has 3 atom stereocenters. The number of hydrogen-bond acceptors (Lipinski definition) is 7. The lowest BCUT2D eigenvalue weighted by atomic mass is 10.0. The Bertz CT molecular complexity index is 1600. The average molecular weight is 1190 g/mol. The molecule has 0 bridgehead atoms. The van der Waals surface area contributed by atoms with E-state index in [1.807, 2.05) is 33.3 Å². The summed E-state index contributed by atoms with van der Waals surface area (Å²) >= 11 is 0. The number of hydrogen-bond donors (Lipinski definition) is 1.